The Kier molecular flexibility index (Phi) is 3.37. The van der Waals surface area contributed by atoms with Gasteiger partial charge in [-0.25, -0.2) is 0 Å². The van der Waals surface area contributed by atoms with Gasteiger partial charge in [0.2, 0.25) is 5.91 Å². The lowest BCUT2D eigenvalue weighted by Crippen LogP contribution is -2.34. The van der Waals surface area contributed by atoms with Gasteiger partial charge in [-0.2, -0.15) is 0 Å². The average molecular weight is 236 g/mol. The lowest BCUT2D eigenvalue weighted by Gasteiger charge is -2.22. The molecule has 3 rings (SSSR count). The van der Waals surface area contributed by atoms with E-state index in [1.54, 1.807) is 0 Å². The van der Waals surface area contributed by atoms with Crippen molar-refractivity contribution in [3.63, 3.8) is 0 Å². The van der Waals surface area contributed by atoms with Gasteiger partial charge in [-0.3, -0.25) is 4.79 Å². The number of carbonyl (C=O) groups is 1. The van der Waals surface area contributed by atoms with Gasteiger partial charge >= 0.3 is 0 Å². The monoisotopic (exact) mass is 236 g/mol. The third kappa shape index (κ3) is 2.49. The zero-order valence-electron chi connectivity index (χ0n) is 10.7. The fraction of sp³-hybridized carbons (Fsp3) is 0.929. The van der Waals surface area contributed by atoms with E-state index in [1.807, 2.05) is 0 Å². The lowest BCUT2D eigenvalue weighted by molar-refractivity contribution is -0.130. The first kappa shape index (κ1) is 11.5. The summed E-state index contributed by atoms with van der Waals surface area (Å²) in [5, 5.41) is 3.43. The summed E-state index contributed by atoms with van der Waals surface area (Å²) in [6.45, 7) is 3.20. The van der Waals surface area contributed by atoms with E-state index in [-0.39, 0.29) is 0 Å². The standard InChI is InChI=1S/C14H24N2O/c17-14(8-13-6-3-7-15-13)16-9-11-4-1-2-5-12(11)10-16/h11-13,15H,1-10H2. The maximum absolute atomic E-state index is 12.2. The number of likely N-dealkylation sites (tertiary alicyclic amines) is 1. The minimum Gasteiger partial charge on any atom is -0.342 e. The molecule has 1 amide bonds. The first-order chi connectivity index (χ1) is 8.33. The summed E-state index contributed by atoms with van der Waals surface area (Å²) in [7, 11) is 0. The largest absolute Gasteiger partial charge is 0.342 e. The van der Waals surface area contributed by atoms with E-state index in [9.17, 15) is 4.79 Å². The van der Waals surface area contributed by atoms with Crippen molar-refractivity contribution in [2.75, 3.05) is 19.6 Å². The van der Waals surface area contributed by atoms with E-state index in [2.05, 4.69) is 10.2 Å². The number of hydrogen-bond acceptors (Lipinski definition) is 2. The van der Waals surface area contributed by atoms with Crippen LogP contribution in [0.15, 0.2) is 0 Å². The number of nitrogens with zero attached hydrogens (tertiary/aromatic N) is 1. The first-order valence-electron chi connectivity index (χ1n) is 7.34. The zero-order chi connectivity index (χ0) is 11.7. The number of hydrogen-bond donors (Lipinski definition) is 1. The lowest BCUT2D eigenvalue weighted by atomic mass is 9.82. The van der Waals surface area contributed by atoms with E-state index >= 15 is 0 Å². The highest BCUT2D eigenvalue weighted by Gasteiger charge is 2.36. The van der Waals surface area contributed by atoms with Crippen LogP contribution in [0.5, 0.6) is 0 Å². The zero-order valence-corrected chi connectivity index (χ0v) is 10.7. The molecule has 3 unspecified atom stereocenters. The van der Waals surface area contributed by atoms with Crippen LogP contribution >= 0.6 is 0 Å². The highest BCUT2D eigenvalue weighted by Crippen LogP contribution is 2.36. The fourth-order valence-corrected chi connectivity index (χ4v) is 3.88. The van der Waals surface area contributed by atoms with Gasteiger partial charge in [0.05, 0.1) is 0 Å². The molecule has 0 aromatic carbocycles. The van der Waals surface area contributed by atoms with Gasteiger partial charge in [-0.15, -0.1) is 0 Å². The molecule has 2 saturated heterocycles. The molecule has 0 aromatic heterocycles. The molecule has 17 heavy (non-hydrogen) atoms. The van der Waals surface area contributed by atoms with Crippen LogP contribution in [0.25, 0.3) is 0 Å². The molecule has 1 N–H and O–H groups in total. The molecule has 3 aliphatic rings. The summed E-state index contributed by atoms with van der Waals surface area (Å²) in [5.41, 5.74) is 0. The molecule has 2 aliphatic heterocycles. The Labute approximate surface area is 104 Å². The van der Waals surface area contributed by atoms with Crippen molar-refractivity contribution in [2.45, 2.75) is 51.0 Å². The number of rotatable bonds is 2. The van der Waals surface area contributed by atoms with Crippen LogP contribution < -0.4 is 5.32 Å². The Morgan fingerprint density at radius 2 is 1.76 bits per heavy atom. The second-order valence-corrected chi connectivity index (χ2v) is 6.10. The predicted molar refractivity (Wildman–Crippen MR) is 67.7 cm³/mol. The molecule has 2 heterocycles. The van der Waals surface area contributed by atoms with E-state index in [0.717, 1.165) is 37.9 Å². The molecular weight excluding hydrogens is 212 g/mol. The summed E-state index contributed by atoms with van der Waals surface area (Å²) in [6.07, 6.45) is 8.64. The van der Waals surface area contributed by atoms with Crippen LogP contribution in [0.3, 0.4) is 0 Å². The summed E-state index contributed by atoms with van der Waals surface area (Å²) in [6, 6.07) is 0.463. The van der Waals surface area contributed by atoms with Crippen LogP contribution in [0.1, 0.15) is 44.9 Å². The van der Waals surface area contributed by atoms with Crippen LogP contribution in [0, 0.1) is 11.8 Å². The third-order valence-corrected chi connectivity index (χ3v) is 4.91. The molecule has 1 saturated carbocycles. The van der Waals surface area contributed by atoms with Crippen molar-refractivity contribution in [1.29, 1.82) is 0 Å². The van der Waals surface area contributed by atoms with Crippen LogP contribution in [-0.2, 0) is 4.79 Å². The maximum atomic E-state index is 12.2. The Bertz CT molecular complexity index is 272. The molecule has 96 valence electrons. The Hall–Kier alpha value is -0.570. The van der Waals surface area contributed by atoms with Gasteiger partial charge in [0.15, 0.2) is 0 Å². The normalized spacial score (nSPS) is 37.2. The molecule has 3 nitrogen and oxygen atoms in total. The summed E-state index contributed by atoms with van der Waals surface area (Å²) >= 11 is 0. The van der Waals surface area contributed by atoms with Gasteiger partial charge in [0.1, 0.15) is 0 Å². The molecule has 3 heteroatoms. The van der Waals surface area contributed by atoms with E-state index in [4.69, 9.17) is 0 Å². The highest BCUT2D eigenvalue weighted by molar-refractivity contribution is 5.77. The Morgan fingerprint density at radius 3 is 2.35 bits per heavy atom. The Balaban J connectivity index is 1.52. The van der Waals surface area contributed by atoms with E-state index < -0.39 is 0 Å². The van der Waals surface area contributed by atoms with Gasteiger partial charge in [0, 0.05) is 25.6 Å². The highest BCUT2D eigenvalue weighted by atomic mass is 16.2. The van der Waals surface area contributed by atoms with Crippen molar-refractivity contribution in [1.82, 2.24) is 10.2 Å². The number of fused-ring (bicyclic) bond motifs is 1. The minimum atomic E-state index is 0.402. The third-order valence-electron chi connectivity index (χ3n) is 4.91. The Morgan fingerprint density at radius 1 is 1.06 bits per heavy atom. The van der Waals surface area contributed by atoms with Crippen molar-refractivity contribution in [3.05, 3.63) is 0 Å². The smallest absolute Gasteiger partial charge is 0.224 e. The van der Waals surface area contributed by atoms with Crippen molar-refractivity contribution < 1.29 is 4.79 Å². The summed E-state index contributed by atoms with van der Waals surface area (Å²) in [5.74, 6) is 2.05. The molecule has 0 aromatic rings. The predicted octanol–water partition coefficient (Wildman–Crippen LogP) is 1.78. The van der Waals surface area contributed by atoms with Gasteiger partial charge in [0.25, 0.3) is 0 Å². The van der Waals surface area contributed by atoms with Crippen molar-refractivity contribution in [3.8, 4) is 0 Å². The topological polar surface area (TPSA) is 32.3 Å². The van der Waals surface area contributed by atoms with E-state index in [1.165, 1.54) is 38.5 Å². The average Bonchev–Trinajstić information content (AvgIpc) is 2.96. The molecule has 0 bridgehead atoms. The number of nitrogens with one attached hydrogen (secondary N) is 1. The second-order valence-electron chi connectivity index (χ2n) is 6.10. The molecule has 0 radical (unpaired) electrons. The van der Waals surface area contributed by atoms with Gasteiger partial charge in [-0.05, 0) is 44.1 Å². The minimum absolute atomic E-state index is 0.402. The molecule has 3 fully saturated rings. The van der Waals surface area contributed by atoms with Crippen LogP contribution in [0.2, 0.25) is 0 Å². The number of carbonyl (C=O) groups excluding carboxylic acids is 1. The van der Waals surface area contributed by atoms with Crippen LogP contribution in [0.4, 0.5) is 0 Å². The van der Waals surface area contributed by atoms with Gasteiger partial charge in [-0.1, -0.05) is 12.8 Å². The number of amides is 1. The summed E-state index contributed by atoms with van der Waals surface area (Å²) in [4.78, 5) is 14.4. The van der Waals surface area contributed by atoms with Crippen LogP contribution in [-0.4, -0.2) is 36.5 Å². The maximum Gasteiger partial charge on any atom is 0.224 e. The fourth-order valence-electron chi connectivity index (χ4n) is 3.88. The molecule has 1 aliphatic carbocycles. The SMILES string of the molecule is O=C(CC1CCCN1)N1CC2CCCCC2C1. The second kappa shape index (κ2) is 4.97. The molecular formula is C14H24N2O. The van der Waals surface area contributed by atoms with Gasteiger partial charge < -0.3 is 10.2 Å². The molecule has 3 atom stereocenters. The summed E-state index contributed by atoms with van der Waals surface area (Å²) < 4.78 is 0. The van der Waals surface area contributed by atoms with Crippen molar-refractivity contribution in [2.24, 2.45) is 11.8 Å². The molecule has 0 spiro atoms. The van der Waals surface area contributed by atoms with Crippen molar-refractivity contribution >= 4 is 5.91 Å². The first-order valence-corrected chi connectivity index (χ1v) is 7.34. The quantitative estimate of drug-likeness (QED) is 0.792. The van der Waals surface area contributed by atoms with E-state index in [0.29, 0.717) is 11.9 Å².